The van der Waals surface area contributed by atoms with Crippen molar-refractivity contribution in [3.05, 3.63) is 30.0 Å². The van der Waals surface area contributed by atoms with E-state index in [0.717, 1.165) is 33.8 Å². The number of hydrogen-bond acceptors (Lipinski definition) is 3. The third-order valence-electron chi connectivity index (χ3n) is 3.75. The topological polar surface area (TPSA) is 42.1 Å². The highest BCUT2D eigenvalue weighted by Gasteiger charge is 2.09. The van der Waals surface area contributed by atoms with Gasteiger partial charge in [-0.25, -0.2) is 4.99 Å². The predicted octanol–water partition coefficient (Wildman–Crippen LogP) is 3.80. The molecule has 124 valence electrons. The maximum absolute atomic E-state index is 5.93. The highest BCUT2D eigenvalue weighted by Crippen LogP contribution is 2.25. The summed E-state index contributed by atoms with van der Waals surface area (Å²) in [6.07, 6.45) is 0. The number of aliphatic imine (C=N–C) groups is 1. The minimum atomic E-state index is 0.345. The normalized spacial score (nSPS) is 12.8. The van der Waals surface area contributed by atoms with Crippen molar-refractivity contribution in [3.63, 3.8) is 0 Å². The smallest absolute Gasteiger partial charge is 0.106 e. The first kappa shape index (κ1) is 17.3. The third-order valence-corrected chi connectivity index (χ3v) is 4.05. The van der Waals surface area contributed by atoms with Crippen LogP contribution in [0.2, 0.25) is 0 Å². The Morgan fingerprint density at radius 3 is 2.65 bits per heavy atom. The van der Waals surface area contributed by atoms with Crippen LogP contribution in [0, 0.1) is 6.92 Å². The average molecular weight is 335 g/mol. The van der Waals surface area contributed by atoms with E-state index in [1.807, 2.05) is 32.0 Å². The van der Waals surface area contributed by atoms with Gasteiger partial charge in [0.15, 0.2) is 0 Å². The molecular formula is C17H23ClN4O. The fraction of sp³-hybridized carbons (Fsp3) is 0.412. The van der Waals surface area contributed by atoms with Gasteiger partial charge in [-0.15, -0.1) is 11.6 Å². The standard InChI is InChI=1S/C17H23ClN4O/c1-12-8-14-9-15(19-13(2)21(3)4)6-7-17(14)22(12)11-16(10-18)20-23-5/h6-9H,10-11H2,1-5H3/b19-13?,20-16+. The van der Waals surface area contributed by atoms with E-state index in [1.54, 1.807) is 0 Å². The Hall–Kier alpha value is -2.01. The van der Waals surface area contributed by atoms with Crippen molar-refractivity contribution in [2.24, 2.45) is 10.1 Å². The van der Waals surface area contributed by atoms with E-state index in [0.29, 0.717) is 12.4 Å². The van der Waals surface area contributed by atoms with Crippen LogP contribution in [-0.4, -0.2) is 48.1 Å². The van der Waals surface area contributed by atoms with Gasteiger partial charge in [0, 0.05) is 30.7 Å². The van der Waals surface area contributed by atoms with Gasteiger partial charge < -0.3 is 14.3 Å². The number of rotatable bonds is 5. The highest BCUT2D eigenvalue weighted by molar-refractivity contribution is 6.28. The molecule has 0 amide bonds. The van der Waals surface area contributed by atoms with Crippen molar-refractivity contribution >= 4 is 39.7 Å². The van der Waals surface area contributed by atoms with Gasteiger partial charge in [-0.2, -0.15) is 0 Å². The second-order valence-corrected chi connectivity index (χ2v) is 5.91. The Kier molecular flexibility index (Phi) is 5.66. The van der Waals surface area contributed by atoms with Gasteiger partial charge in [-0.3, -0.25) is 0 Å². The lowest BCUT2D eigenvalue weighted by Crippen LogP contribution is -2.17. The lowest BCUT2D eigenvalue weighted by Gasteiger charge is -2.11. The number of aryl methyl sites for hydroxylation is 1. The molecule has 0 fully saturated rings. The zero-order valence-electron chi connectivity index (χ0n) is 14.3. The van der Waals surface area contributed by atoms with Crippen molar-refractivity contribution < 1.29 is 4.84 Å². The van der Waals surface area contributed by atoms with Gasteiger partial charge in [0.1, 0.15) is 12.9 Å². The minimum absolute atomic E-state index is 0.345. The first-order valence-corrected chi connectivity index (χ1v) is 7.97. The SMILES string of the molecule is CO/N=C(\CCl)Cn1c(C)cc2cc(N=C(C)N(C)C)ccc21. The van der Waals surface area contributed by atoms with E-state index >= 15 is 0 Å². The Balaban J connectivity index is 2.41. The summed E-state index contributed by atoms with van der Waals surface area (Å²) in [5.41, 5.74) is 4.03. The molecule has 6 heteroatoms. The fourth-order valence-electron chi connectivity index (χ4n) is 2.37. The molecule has 1 aromatic heterocycles. The van der Waals surface area contributed by atoms with Crippen LogP contribution in [0.3, 0.4) is 0 Å². The van der Waals surface area contributed by atoms with Crippen molar-refractivity contribution in [2.45, 2.75) is 20.4 Å². The quantitative estimate of drug-likeness (QED) is 0.361. The molecule has 0 aliphatic heterocycles. The fourth-order valence-corrected chi connectivity index (χ4v) is 2.50. The molecule has 0 spiro atoms. The summed E-state index contributed by atoms with van der Waals surface area (Å²) in [6.45, 7) is 4.69. The van der Waals surface area contributed by atoms with Gasteiger partial charge in [0.2, 0.25) is 0 Å². The number of fused-ring (bicyclic) bond motifs is 1. The van der Waals surface area contributed by atoms with E-state index in [2.05, 4.69) is 39.8 Å². The van der Waals surface area contributed by atoms with Crippen LogP contribution in [0.25, 0.3) is 10.9 Å². The number of benzene rings is 1. The first-order valence-electron chi connectivity index (χ1n) is 7.43. The molecule has 0 radical (unpaired) electrons. The van der Waals surface area contributed by atoms with E-state index in [9.17, 15) is 0 Å². The van der Waals surface area contributed by atoms with Crippen molar-refractivity contribution in [1.82, 2.24) is 9.47 Å². The molecule has 5 nitrogen and oxygen atoms in total. The number of aromatic nitrogens is 1. The molecule has 1 aromatic carbocycles. The molecule has 23 heavy (non-hydrogen) atoms. The molecule has 0 saturated carbocycles. The lowest BCUT2D eigenvalue weighted by molar-refractivity contribution is 0.212. The van der Waals surface area contributed by atoms with Gasteiger partial charge in [0.25, 0.3) is 0 Å². The van der Waals surface area contributed by atoms with E-state index < -0.39 is 0 Å². The Morgan fingerprint density at radius 1 is 1.30 bits per heavy atom. The van der Waals surface area contributed by atoms with Gasteiger partial charge in [-0.05, 0) is 38.1 Å². The Bertz CT molecular complexity index is 746. The van der Waals surface area contributed by atoms with Crippen molar-refractivity contribution in [3.8, 4) is 0 Å². The van der Waals surface area contributed by atoms with Crippen LogP contribution < -0.4 is 0 Å². The summed E-state index contributed by atoms with van der Waals surface area (Å²) in [5, 5.41) is 5.13. The Morgan fingerprint density at radius 2 is 2.04 bits per heavy atom. The Labute approximate surface area is 142 Å². The minimum Gasteiger partial charge on any atom is -0.399 e. The van der Waals surface area contributed by atoms with Crippen LogP contribution in [0.1, 0.15) is 12.6 Å². The van der Waals surface area contributed by atoms with Crippen LogP contribution in [0.4, 0.5) is 5.69 Å². The summed E-state index contributed by atoms with van der Waals surface area (Å²) in [7, 11) is 5.51. The molecule has 1 heterocycles. The molecule has 0 unspecified atom stereocenters. The summed E-state index contributed by atoms with van der Waals surface area (Å²) >= 11 is 5.93. The second kappa shape index (κ2) is 7.51. The number of nitrogens with zero attached hydrogens (tertiary/aromatic N) is 4. The molecule has 0 N–H and O–H groups in total. The van der Waals surface area contributed by atoms with Crippen LogP contribution in [-0.2, 0) is 11.4 Å². The molecule has 2 rings (SSSR count). The average Bonchev–Trinajstić information content (AvgIpc) is 2.81. The van der Waals surface area contributed by atoms with Gasteiger partial charge >= 0.3 is 0 Å². The number of oxime groups is 1. The second-order valence-electron chi connectivity index (χ2n) is 5.64. The number of hydrogen-bond donors (Lipinski definition) is 0. The van der Waals surface area contributed by atoms with Gasteiger partial charge in [0.05, 0.1) is 23.8 Å². The summed E-state index contributed by atoms with van der Waals surface area (Å²) in [4.78, 5) is 11.5. The largest absolute Gasteiger partial charge is 0.399 e. The van der Waals surface area contributed by atoms with Crippen LogP contribution in [0.15, 0.2) is 34.4 Å². The molecule has 0 atom stereocenters. The molecular weight excluding hydrogens is 312 g/mol. The summed E-state index contributed by atoms with van der Waals surface area (Å²) in [6, 6.07) is 8.36. The maximum atomic E-state index is 5.93. The third kappa shape index (κ3) is 4.05. The van der Waals surface area contributed by atoms with E-state index in [4.69, 9.17) is 16.4 Å². The highest BCUT2D eigenvalue weighted by atomic mass is 35.5. The first-order chi connectivity index (χ1) is 11.0. The predicted molar refractivity (Wildman–Crippen MR) is 98.3 cm³/mol. The van der Waals surface area contributed by atoms with Gasteiger partial charge in [-0.1, -0.05) is 5.16 Å². The molecule has 0 bridgehead atoms. The summed E-state index contributed by atoms with van der Waals surface area (Å²) in [5.74, 6) is 1.31. The monoisotopic (exact) mass is 334 g/mol. The van der Waals surface area contributed by atoms with Crippen LogP contribution in [0.5, 0.6) is 0 Å². The lowest BCUT2D eigenvalue weighted by atomic mass is 10.2. The van der Waals surface area contributed by atoms with E-state index in [-0.39, 0.29) is 0 Å². The number of halogens is 1. The van der Waals surface area contributed by atoms with E-state index in [1.165, 1.54) is 7.11 Å². The molecule has 0 saturated heterocycles. The molecule has 2 aromatic rings. The number of alkyl halides is 1. The molecule has 0 aliphatic rings. The van der Waals surface area contributed by atoms with Crippen molar-refractivity contribution in [2.75, 3.05) is 27.1 Å². The number of amidine groups is 1. The van der Waals surface area contributed by atoms with Crippen LogP contribution >= 0.6 is 11.6 Å². The molecule has 0 aliphatic carbocycles. The zero-order valence-corrected chi connectivity index (χ0v) is 15.1. The zero-order chi connectivity index (χ0) is 17.0. The van der Waals surface area contributed by atoms with Crippen molar-refractivity contribution in [1.29, 1.82) is 0 Å². The summed E-state index contributed by atoms with van der Waals surface area (Å²) < 4.78 is 2.18. The maximum Gasteiger partial charge on any atom is 0.106 e.